The number of halogens is 1. The molecule has 0 fully saturated rings. The molecule has 1 aliphatic heterocycles. The lowest BCUT2D eigenvalue weighted by atomic mass is 10.1. The van der Waals surface area contributed by atoms with E-state index in [1.807, 2.05) is 67.0 Å². The Hall–Kier alpha value is -1.69. The predicted molar refractivity (Wildman–Crippen MR) is 113 cm³/mol. The summed E-state index contributed by atoms with van der Waals surface area (Å²) in [6.07, 6.45) is 0. The molecule has 1 aliphatic rings. The lowest BCUT2D eigenvalue weighted by Crippen LogP contribution is -2.46. The monoisotopic (exact) mass is 391 g/mol. The number of likely N-dealkylation sites (N-methyl/N-ethyl adjacent to an activating group) is 2. The molecule has 0 spiro atoms. The van der Waals surface area contributed by atoms with Crippen LogP contribution in [0.1, 0.15) is 10.8 Å². The second-order valence-corrected chi connectivity index (χ2v) is 7.85. The van der Waals surface area contributed by atoms with Crippen molar-refractivity contribution < 1.29 is 4.79 Å². The smallest absolute Gasteiger partial charge is 0.324 e. The molecule has 0 saturated carbocycles. The van der Waals surface area contributed by atoms with Gasteiger partial charge in [-0.2, -0.15) is 0 Å². The third-order valence-electron chi connectivity index (χ3n) is 4.39. The van der Waals surface area contributed by atoms with E-state index >= 15 is 0 Å². The number of rotatable bonds is 4. The van der Waals surface area contributed by atoms with Gasteiger partial charge in [0.2, 0.25) is 0 Å². The molecule has 1 unspecified atom stereocenters. The minimum atomic E-state index is 0. The molecular weight excluding hydrogens is 366 g/mol. The first-order chi connectivity index (χ1) is 12.1. The zero-order valence-corrected chi connectivity index (χ0v) is 17.1. The minimum absolute atomic E-state index is 0. The largest absolute Gasteiger partial charge is 0.326 e. The van der Waals surface area contributed by atoms with Crippen molar-refractivity contribution >= 4 is 35.9 Å². The third kappa shape index (κ3) is 4.72. The number of fused-ring (bicyclic) bond motifs is 1. The highest BCUT2D eigenvalue weighted by Crippen LogP contribution is 2.45. The number of carbonyl (C=O) groups is 1. The molecule has 0 radical (unpaired) electrons. The number of thioether (sulfide) groups is 1. The molecule has 4 nitrogen and oxygen atoms in total. The van der Waals surface area contributed by atoms with E-state index in [0.717, 1.165) is 17.1 Å². The van der Waals surface area contributed by atoms with Crippen molar-refractivity contribution in [1.29, 1.82) is 0 Å². The minimum Gasteiger partial charge on any atom is -0.326 e. The Morgan fingerprint density at radius 2 is 1.69 bits per heavy atom. The van der Waals surface area contributed by atoms with Gasteiger partial charge in [0.1, 0.15) is 0 Å². The fourth-order valence-corrected chi connectivity index (χ4v) is 4.19. The zero-order chi connectivity index (χ0) is 17.8. The highest BCUT2D eigenvalue weighted by Gasteiger charge is 2.31. The number of urea groups is 1. The summed E-state index contributed by atoms with van der Waals surface area (Å²) < 4.78 is 0. The average Bonchev–Trinajstić information content (AvgIpc) is 2.65. The summed E-state index contributed by atoms with van der Waals surface area (Å²) in [5.41, 5.74) is 2.28. The second-order valence-electron chi connectivity index (χ2n) is 6.60. The summed E-state index contributed by atoms with van der Waals surface area (Å²) in [5, 5.41) is 0.252. The van der Waals surface area contributed by atoms with Crippen LogP contribution in [0.15, 0.2) is 59.5 Å². The van der Waals surface area contributed by atoms with Crippen molar-refractivity contribution in [2.24, 2.45) is 0 Å². The molecule has 0 saturated heterocycles. The van der Waals surface area contributed by atoms with Gasteiger partial charge in [-0.25, -0.2) is 4.79 Å². The Morgan fingerprint density at radius 3 is 2.38 bits per heavy atom. The molecule has 1 heterocycles. The Bertz CT molecular complexity index is 726. The molecule has 1 atom stereocenters. The number of para-hydroxylation sites is 1. The van der Waals surface area contributed by atoms with Crippen molar-refractivity contribution in [2.45, 2.75) is 10.1 Å². The van der Waals surface area contributed by atoms with Gasteiger partial charge < -0.3 is 9.80 Å². The van der Waals surface area contributed by atoms with Gasteiger partial charge in [0.15, 0.2) is 0 Å². The Balaban J connectivity index is 0.00000243. The Labute approximate surface area is 166 Å². The standard InChI is InChI=1S/C20H25N3OS.ClH/c1-21(2)13-14-22(3)20(24)23-15-19(16-9-5-4-6-10-16)25-18-12-8-7-11-17(18)23;/h4-12,19H,13-15H2,1-3H3;1H. The van der Waals surface area contributed by atoms with Gasteiger partial charge >= 0.3 is 6.03 Å². The number of nitrogens with zero attached hydrogens (tertiary/aromatic N) is 3. The number of benzene rings is 2. The van der Waals surface area contributed by atoms with Gasteiger partial charge in [0.05, 0.1) is 10.9 Å². The van der Waals surface area contributed by atoms with Crippen LogP contribution in [0.5, 0.6) is 0 Å². The number of carbonyl (C=O) groups excluding carboxylic acids is 1. The summed E-state index contributed by atoms with van der Waals surface area (Å²) >= 11 is 1.84. The summed E-state index contributed by atoms with van der Waals surface area (Å²) in [4.78, 5) is 20.1. The van der Waals surface area contributed by atoms with Crippen LogP contribution in [0.3, 0.4) is 0 Å². The molecule has 0 aromatic heterocycles. The number of amides is 2. The molecule has 0 N–H and O–H groups in total. The van der Waals surface area contributed by atoms with Gasteiger partial charge in [0, 0.05) is 31.6 Å². The van der Waals surface area contributed by atoms with E-state index in [4.69, 9.17) is 0 Å². The van der Waals surface area contributed by atoms with Crippen molar-refractivity contribution in [3.8, 4) is 0 Å². The van der Waals surface area contributed by atoms with E-state index in [2.05, 4.69) is 35.2 Å². The molecule has 3 rings (SSSR count). The Kier molecular flexibility index (Phi) is 7.38. The molecule has 140 valence electrons. The number of hydrogen-bond donors (Lipinski definition) is 0. The van der Waals surface area contributed by atoms with Gasteiger partial charge in [-0.05, 0) is 31.8 Å². The van der Waals surface area contributed by atoms with Crippen LogP contribution < -0.4 is 4.90 Å². The van der Waals surface area contributed by atoms with E-state index in [0.29, 0.717) is 13.1 Å². The molecule has 2 amide bonds. The molecular formula is C20H26ClN3OS. The van der Waals surface area contributed by atoms with Crippen LogP contribution in [0, 0.1) is 0 Å². The summed E-state index contributed by atoms with van der Waals surface area (Å²) in [6, 6.07) is 18.7. The molecule has 2 aromatic rings. The maximum absolute atomic E-state index is 13.1. The highest BCUT2D eigenvalue weighted by molar-refractivity contribution is 7.99. The Morgan fingerprint density at radius 1 is 1.04 bits per heavy atom. The fraction of sp³-hybridized carbons (Fsp3) is 0.350. The molecule has 0 aliphatic carbocycles. The van der Waals surface area contributed by atoms with Gasteiger partial charge in [-0.3, -0.25) is 4.90 Å². The van der Waals surface area contributed by atoms with Crippen LogP contribution >= 0.6 is 24.2 Å². The van der Waals surface area contributed by atoms with Crippen LogP contribution in [0.4, 0.5) is 10.5 Å². The lowest BCUT2D eigenvalue weighted by molar-refractivity contribution is 0.210. The fourth-order valence-electron chi connectivity index (χ4n) is 2.91. The first-order valence-electron chi connectivity index (χ1n) is 8.54. The second kappa shape index (κ2) is 9.31. The van der Waals surface area contributed by atoms with Gasteiger partial charge in [-0.15, -0.1) is 24.2 Å². The molecule has 26 heavy (non-hydrogen) atoms. The van der Waals surface area contributed by atoms with Gasteiger partial charge in [0.25, 0.3) is 0 Å². The van der Waals surface area contributed by atoms with E-state index in [1.165, 1.54) is 5.56 Å². The topological polar surface area (TPSA) is 26.8 Å². The van der Waals surface area contributed by atoms with Crippen molar-refractivity contribution in [2.75, 3.05) is 45.7 Å². The van der Waals surface area contributed by atoms with E-state index < -0.39 is 0 Å². The predicted octanol–water partition coefficient (Wildman–Crippen LogP) is 4.38. The first-order valence-corrected chi connectivity index (χ1v) is 9.42. The summed E-state index contributed by atoms with van der Waals surface area (Å²) in [5.74, 6) is 0. The molecule has 0 bridgehead atoms. The lowest BCUT2D eigenvalue weighted by Gasteiger charge is -2.36. The van der Waals surface area contributed by atoms with Crippen LogP contribution in [0.25, 0.3) is 0 Å². The van der Waals surface area contributed by atoms with Crippen molar-refractivity contribution in [3.05, 3.63) is 60.2 Å². The number of hydrogen-bond acceptors (Lipinski definition) is 3. The molecule has 6 heteroatoms. The van der Waals surface area contributed by atoms with E-state index in [1.54, 1.807) is 0 Å². The van der Waals surface area contributed by atoms with E-state index in [9.17, 15) is 4.79 Å². The first kappa shape index (κ1) is 20.6. The maximum Gasteiger partial charge on any atom is 0.324 e. The van der Waals surface area contributed by atoms with Gasteiger partial charge in [-0.1, -0.05) is 42.5 Å². The SMILES string of the molecule is CN(C)CCN(C)C(=O)N1CC(c2ccccc2)Sc2ccccc21.Cl. The summed E-state index contributed by atoms with van der Waals surface area (Å²) in [6.45, 7) is 2.26. The summed E-state index contributed by atoms with van der Waals surface area (Å²) in [7, 11) is 5.93. The van der Waals surface area contributed by atoms with Crippen LogP contribution in [-0.2, 0) is 0 Å². The quantitative estimate of drug-likeness (QED) is 0.774. The van der Waals surface area contributed by atoms with E-state index in [-0.39, 0.29) is 23.7 Å². The molecule has 2 aromatic carbocycles. The van der Waals surface area contributed by atoms with Crippen LogP contribution in [0.2, 0.25) is 0 Å². The van der Waals surface area contributed by atoms with Crippen molar-refractivity contribution in [3.63, 3.8) is 0 Å². The van der Waals surface area contributed by atoms with Crippen LogP contribution in [-0.4, -0.2) is 56.6 Å². The normalized spacial score (nSPS) is 16.0. The zero-order valence-electron chi connectivity index (χ0n) is 15.5. The average molecular weight is 392 g/mol. The number of anilines is 1. The third-order valence-corrected chi connectivity index (χ3v) is 5.69. The maximum atomic E-state index is 13.1. The highest BCUT2D eigenvalue weighted by atomic mass is 35.5. The van der Waals surface area contributed by atoms with Crippen molar-refractivity contribution in [1.82, 2.24) is 9.80 Å².